The molecule has 1 heterocycles. The zero-order valence-electron chi connectivity index (χ0n) is 13.3. The van der Waals surface area contributed by atoms with E-state index in [0.29, 0.717) is 17.1 Å². The maximum absolute atomic E-state index is 13.9. The van der Waals surface area contributed by atoms with Crippen molar-refractivity contribution in [1.29, 1.82) is 5.26 Å². The molecule has 0 atom stereocenters. The molecule has 2 aromatic rings. The second kappa shape index (κ2) is 8.11. The second-order valence-corrected chi connectivity index (χ2v) is 5.35. The van der Waals surface area contributed by atoms with E-state index in [9.17, 15) is 4.39 Å². The Morgan fingerprint density at radius 3 is 2.88 bits per heavy atom. The van der Waals surface area contributed by atoms with Crippen LogP contribution in [0.5, 0.6) is 0 Å². The first-order valence-corrected chi connectivity index (χ1v) is 7.47. The van der Waals surface area contributed by atoms with E-state index < -0.39 is 0 Å². The van der Waals surface area contributed by atoms with Crippen LogP contribution >= 0.6 is 24.0 Å². The third-order valence-corrected chi connectivity index (χ3v) is 3.97. The normalized spacial score (nSPS) is 13.0. The van der Waals surface area contributed by atoms with E-state index in [1.54, 1.807) is 13.1 Å². The third-order valence-electron chi connectivity index (χ3n) is 3.97. The average molecular weight is 436 g/mol. The van der Waals surface area contributed by atoms with Gasteiger partial charge in [-0.05, 0) is 36.2 Å². The van der Waals surface area contributed by atoms with Crippen LogP contribution in [-0.4, -0.2) is 19.6 Å². The molecule has 1 aliphatic heterocycles. The van der Waals surface area contributed by atoms with Crippen molar-refractivity contribution in [3.63, 3.8) is 0 Å². The molecule has 2 aromatic carbocycles. The van der Waals surface area contributed by atoms with Crippen LogP contribution in [-0.2, 0) is 13.0 Å². The van der Waals surface area contributed by atoms with Crippen molar-refractivity contribution in [2.24, 2.45) is 4.99 Å². The van der Waals surface area contributed by atoms with E-state index in [1.807, 2.05) is 18.2 Å². The molecule has 124 valence electrons. The molecule has 0 amide bonds. The van der Waals surface area contributed by atoms with Gasteiger partial charge in [-0.2, -0.15) is 5.26 Å². The van der Waals surface area contributed by atoms with E-state index in [1.165, 1.54) is 17.7 Å². The largest absolute Gasteiger partial charge is 0.352 e. The van der Waals surface area contributed by atoms with Crippen LogP contribution in [0.3, 0.4) is 0 Å². The van der Waals surface area contributed by atoms with Crippen LogP contribution in [0.15, 0.2) is 47.5 Å². The van der Waals surface area contributed by atoms with E-state index in [0.717, 1.165) is 18.7 Å². The lowest BCUT2D eigenvalue weighted by Crippen LogP contribution is -2.40. The molecule has 3 rings (SSSR count). The van der Waals surface area contributed by atoms with Crippen molar-refractivity contribution in [3.05, 3.63) is 65.0 Å². The van der Waals surface area contributed by atoms with Gasteiger partial charge in [0, 0.05) is 31.4 Å². The van der Waals surface area contributed by atoms with Crippen LogP contribution in [0.25, 0.3) is 0 Å². The molecule has 0 aliphatic carbocycles. The predicted octanol–water partition coefficient (Wildman–Crippen LogP) is 3.45. The number of aliphatic imine (C=N–C) groups is 1. The Morgan fingerprint density at radius 1 is 1.33 bits per heavy atom. The maximum Gasteiger partial charge on any atom is 0.198 e. The highest BCUT2D eigenvalue weighted by molar-refractivity contribution is 14.0. The molecule has 24 heavy (non-hydrogen) atoms. The molecule has 4 nitrogen and oxygen atoms in total. The van der Waals surface area contributed by atoms with Crippen LogP contribution in [0.1, 0.15) is 16.7 Å². The summed E-state index contributed by atoms with van der Waals surface area (Å²) in [7, 11) is 1.71. The predicted molar refractivity (Wildman–Crippen MR) is 104 cm³/mol. The van der Waals surface area contributed by atoms with Gasteiger partial charge in [0.15, 0.2) is 5.96 Å². The molecule has 0 bridgehead atoms. The fraction of sp³-hybridized carbons (Fsp3) is 0.222. The number of anilines is 1. The van der Waals surface area contributed by atoms with Crippen molar-refractivity contribution in [2.45, 2.75) is 13.0 Å². The summed E-state index contributed by atoms with van der Waals surface area (Å²) >= 11 is 0. The first-order chi connectivity index (χ1) is 11.2. The van der Waals surface area contributed by atoms with Gasteiger partial charge in [0.2, 0.25) is 0 Å². The molecule has 0 saturated heterocycles. The minimum atomic E-state index is -0.325. The summed E-state index contributed by atoms with van der Waals surface area (Å²) < 4.78 is 13.9. The maximum atomic E-state index is 13.9. The first-order valence-electron chi connectivity index (χ1n) is 7.47. The summed E-state index contributed by atoms with van der Waals surface area (Å²) in [6.07, 6.45) is 0.967. The Balaban J connectivity index is 0.00000208. The zero-order valence-corrected chi connectivity index (χ0v) is 15.6. The number of nitriles is 1. The van der Waals surface area contributed by atoms with Gasteiger partial charge in [0.1, 0.15) is 5.82 Å². The van der Waals surface area contributed by atoms with Crippen molar-refractivity contribution in [1.82, 2.24) is 5.32 Å². The Hall–Kier alpha value is -2.14. The molecule has 1 aliphatic rings. The molecular weight excluding hydrogens is 418 g/mol. The quantitative estimate of drug-likeness (QED) is 0.446. The van der Waals surface area contributed by atoms with Gasteiger partial charge in [-0.1, -0.05) is 18.2 Å². The third kappa shape index (κ3) is 3.67. The molecule has 0 radical (unpaired) electrons. The number of benzene rings is 2. The van der Waals surface area contributed by atoms with E-state index >= 15 is 0 Å². The monoisotopic (exact) mass is 436 g/mol. The van der Waals surface area contributed by atoms with Crippen molar-refractivity contribution < 1.29 is 4.39 Å². The number of nitrogens with one attached hydrogen (secondary N) is 1. The van der Waals surface area contributed by atoms with Crippen molar-refractivity contribution in [3.8, 4) is 6.07 Å². The molecule has 0 unspecified atom stereocenters. The number of halogens is 2. The molecule has 6 heteroatoms. The van der Waals surface area contributed by atoms with Gasteiger partial charge in [0.25, 0.3) is 0 Å². The van der Waals surface area contributed by atoms with Crippen molar-refractivity contribution >= 4 is 35.6 Å². The summed E-state index contributed by atoms with van der Waals surface area (Å²) in [5, 5.41) is 12.1. The standard InChI is InChI=1S/C18H17FN4.HI/c1-21-18(23-9-8-14-4-2-3-5-17(14)23)22-12-15-10-13(11-20)6-7-16(15)19;/h2-7,10H,8-9,12H2,1H3,(H,21,22);1H. The summed E-state index contributed by atoms with van der Waals surface area (Å²) in [4.78, 5) is 6.40. The fourth-order valence-corrected chi connectivity index (χ4v) is 2.81. The molecule has 1 N–H and O–H groups in total. The van der Waals surface area contributed by atoms with Crippen molar-refractivity contribution in [2.75, 3.05) is 18.5 Å². The number of hydrogen-bond donors (Lipinski definition) is 1. The highest BCUT2D eigenvalue weighted by Gasteiger charge is 2.22. The molecule has 0 saturated carbocycles. The second-order valence-electron chi connectivity index (χ2n) is 5.35. The lowest BCUT2D eigenvalue weighted by atomic mass is 10.1. The number of nitrogens with zero attached hydrogens (tertiary/aromatic N) is 3. The average Bonchev–Trinajstić information content (AvgIpc) is 3.01. The molecule has 0 aromatic heterocycles. The van der Waals surface area contributed by atoms with Gasteiger partial charge in [-0.3, -0.25) is 4.99 Å². The van der Waals surface area contributed by atoms with Gasteiger partial charge in [-0.15, -0.1) is 24.0 Å². The van der Waals surface area contributed by atoms with Gasteiger partial charge in [0.05, 0.1) is 11.6 Å². The number of para-hydroxylation sites is 1. The summed E-state index contributed by atoms with van der Waals surface area (Å²) in [6, 6.07) is 14.6. The summed E-state index contributed by atoms with van der Waals surface area (Å²) in [5.74, 6) is 0.380. The van der Waals surface area contributed by atoms with E-state index in [2.05, 4.69) is 27.3 Å². The number of fused-ring (bicyclic) bond motifs is 1. The molecular formula is C18H18FIN4. The van der Waals surface area contributed by atoms with E-state index in [4.69, 9.17) is 5.26 Å². The Labute approximate surface area is 158 Å². The van der Waals surface area contributed by atoms with Crippen LogP contribution in [0.2, 0.25) is 0 Å². The van der Waals surface area contributed by atoms with Crippen LogP contribution in [0, 0.1) is 17.1 Å². The minimum Gasteiger partial charge on any atom is -0.352 e. The number of hydrogen-bond acceptors (Lipinski definition) is 2. The minimum absolute atomic E-state index is 0. The highest BCUT2D eigenvalue weighted by Crippen LogP contribution is 2.27. The van der Waals surface area contributed by atoms with Crippen LogP contribution in [0.4, 0.5) is 10.1 Å². The Morgan fingerprint density at radius 2 is 2.12 bits per heavy atom. The SMILES string of the molecule is CN=C(NCc1cc(C#N)ccc1F)N1CCc2ccccc21.I. The highest BCUT2D eigenvalue weighted by atomic mass is 127. The topological polar surface area (TPSA) is 51.4 Å². The lowest BCUT2D eigenvalue weighted by molar-refractivity contribution is 0.605. The summed E-state index contributed by atoms with van der Waals surface area (Å²) in [5.41, 5.74) is 3.32. The van der Waals surface area contributed by atoms with Gasteiger partial charge < -0.3 is 10.2 Å². The van der Waals surface area contributed by atoms with E-state index in [-0.39, 0.29) is 36.3 Å². The Bertz CT molecular complexity index is 798. The number of guanidine groups is 1. The smallest absolute Gasteiger partial charge is 0.198 e. The molecule has 0 fully saturated rings. The first kappa shape index (κ1) is 18.2. The fourth-order valence-electron chi connectivity index (χ4n) is 2.81. The Kier molecular flexibility index (Phi) is 6.15. The summed E-state index contributed by atoms with van der Waals surface area (Å²) in [6.45, 7) is 1.13. The molecule has 0 spiro atoms. The number of rotatable bonds is 2. The van der Waals surface area contributed by atoms with Crippen LogP contribution < -0.4 is 10.2 Å². The zero-order chi connectivity index (χ0) is 16.2. The van der Waals surface area contributed by atoms with Gasteiger partial charge in [-0.25, -0.2) is 4.39 Å². The van der Waals surface area contributed by atoms with Gasteiger partial charge >= 0.3 is 0 Å². The lowest BCUT2D eigenvalue weighted by Gasteiger charge is -2.22.